The van der Waals surface area contributed by atoms with Crippen LogP contribution in [-0.4, -0.2) is 16.2 Å². The molecule has 1 saturated heterocycles. The van der Waals surface area contributed by atoms with Gasteiger partial charge in [-0.25, -0.2) is 4.98 Å². The molecule has 0 aromatic carbocycles. The van der Waals surface area contributed by atoms with E-state index in [1.54, 1.807) is 6.20 Å². The smallest absolute Gasteiger partial charge is 0.187 e. The van der Waals surface area contributed by atoms with Crippen LogP contribution in [-0.2, 0) is 4.74 Å². The summed E-state index contributed by atoms with van der Waals surface area (Å²) < 4.78 is 7.52. The average molecular weight is 176 g/mol. The van der Waals surface area contributed by atoms with Crippen molar-refractivity contribution in [3.05, 3.63) is 18.2 Å². The van der Waals surface area contributed by atoms with E-state index < -0.39 is 0 Å². The molecule has 3 heteroatoms. The highest BCUT2D eigenvalue weighted by Crippen LogP contribution is 2.22. The van der Waals surface area contributed by atoms with Gasteiger partial charge in [-0.15, -0.1) is 6.42 Å². The highest BCUT2D eigenvalue weighted by Gasteiger charge is 2.16. The summed E-state index contributed by atoms with van der Waals surface area (Å²) in [6, 6.07) is 0. The zero-order valence-corrected chi connectivity index (χ0v) is 7.44. The third-order valence-corrected chi connectivity index (χ3v) is 2.26. The Labute approximate surface area is 77.7 Å². The molecule has 1 aliphatic heterocycles. The van der Waals surface area contributed by atoms with Crippen molar-refractivity contribution < 1.29 is 4.74 Å². The Morgan fingerprint density at radius 1 is 1.62 bits per heavy atom. The van der Waals surface area contributed by atoms with Crippen LogP contribution in [0.2, 0.25) is 0 Å². The molecular weight excluding hydrogens is 164 g/mol. The molecule has 2 rings (SSSR count). The van der Waals surface area contributed by atoms with Crippen LogP contribution in [0.15, 0.2) is 12.4 Å². The minimum atomic E-state index is 0.0994. The summed E-state index contributed by atoms with van der Waals surface area (Å²) in [5, 5.41) is 0. The lowest BCUT2D eigenvalue weighted by Crippen LogP contribution is -2.18. The monoisotopic (exact) mass is 176 g/mol. The van der Waals surface area contributed by atoms with Crippen molar-refractivity contribution in [2.24, 2.45) is 0 Å². The Balaban J connectivity index is 2.19. The maximum Gasteiger partial charge on any atom is 0.187 e. The zero-order valence-electron chi connectivity index (χ0n) is 7.44. The van der Waals surface area contributed by atoms with Crippen LogP contribution in [0.1, 0.15) is 31.3 Å². The van der Waals surface area contributed by atoms with Crippen molar-refractivity contribution in [3.8, 4) is 12.3 Å². The van der Waals surface area contributed by atoms with Gasteiger partial charge in [-0.3, -0.25) is 4.57 Å². The fourth-order valence-corrected chi connectivity index (χ4v) is 1.60. The van der Waals surface area contributed by atoms with Crippen molar-refractivity contribution in [1.29, 1.82) is 0 Å². The standard InChI is InChI=1S/C10H12N2O/c1-2-9-11-6-7-12(9)10-5-3-4-8-13-10/h1,6-7,10H,3-5,8H2. The van der Waals surface area contributed by atoms with E-state index >= 15 is 0 Å². The van der Waals surface area contributed by atoms with Crippen LogP contribution >= 0.6 is 0 Å². The molecule has 0 saturated carbocycles. The molecule has 1 fully saturated rings. The van der Waals surface area contributed by atoms with Gasteiger partial charge in [0.25, 0.3) is 0 Å². The van der Waals surface area contributed by atoms with Gasteiger partial charge in [0.2, 0.25) is 0 Å². The minimum absolute atomic E-state index is 0.0994. The predicted octanol–water partition coefficient (Wildman–Crippen LogP) is 1.56. The number of imidazole rings is 1. The van der Waals surface area contributed by atoms with E-state index in [4.69, 9.17) is 11.2 Å². The minimum Gasteiger partial charge on any atom is -0.358 e. The molecule has 13 heavy (non-hydrogen) atoms. The van der Waals surface area contributed by atoms with Gasteiger partial charge in [-0.1, -0.05) is 0 Å². The van der Waals surface area contributed by atoms with Crippen LogP contribution in [0.3, 0.4) is 0 Å². The maximum atomic E-state index is 5.59. The van der Waals surface area contributed by atoms with E-state index in [9.17, 15) is 0 Å². The molecule has 3 nitrogen and oxygen atoms in total. The summed E-state index contributed by atoms with van der Waals surface area (Å²) in [5.41, 5.74) is 0. The van der Waals surface area contributed by atoms with Gasteiger partial charge >= 0.3 is 0 Å². The van der Waals surface area contributed by atoms with Gasteiger partial charge in [0.05, 0.1) is 0 Å². The molecule has 68 valence electrons. The van der Waals surface area contributed by atoms with Crippen LogP contribution in [0.25, 0.3) is 0 Å². The Bertz CT molecular complexity index is 318. The number of terminal acetylenes is 1. The lowest BCUT2D eigenvalue weighted by Gasteiger charge is -2.24. The van der Waals surface area contributed by atoms with Crippen molar-refractivity contribution >= 4 is 0 Å². The molecule has 0 amide bonds. The third kappa shape index (κ3) is 1.58. The van der Waals surface area contributed by atoms with Crippen molar-refractivity contribution in [1.82, 2.24) is 9.55 Å². The van der Waals surface area contributed by atoms with Gasteiger partial charge in [-0.2, -0.15) is 0 Å². The Morgan fingerprint density at radius 2 is 2.54 bits per heavy atom. The first kappa shape index (κ1) is 8.33. The highest BCUT2D eigenvalue weighted by atomic mass is 16.5. The number of rotatable bonds is 1. The van der Waals surface area contributed by atoms with E-state index in [1.807, 2.05) is 10.8 Å². The highest BCUT2D eigenvalue weighted by molar-refractivity contribution is 5.17. The second-order valence-corrected chi connectivity index (χ2v) is 3.12. The molecule has 1 aliphatic rings. The fraction of sp³-hybridized carbons (Fsp3) is 0.500. The molecule has 2 heterocycles. The normalized spacial score (nSPS) is 22.5. The molecule has 1 unspecified atom stereocenters. The average Bonchev–Trinajstić information content (AvgIpc) is 2.67. The van der Waals surface area contributed by atoms with Gasteiger partial charge in [0, 0.05) is 19.0 Å². The Kier molecular flexibility index (Phi) is 2.33. The SMILES string of the molecule is C#Cc1nccn1C1CCCCO1. The van der Waals surface area contributed by atoms with Crippen LogP contribution in [0.5, 0.6) is 0 Å². The third-order valence-electron chi connectivity index (χ3n) is 2.26. The summed E-state index contributed by atoms with van der Waals surface area (Å²) in [6.45, 7) is 0.826. The van der Waals surface area contributed by atoms with E-state index in [0.717, 1.165) is 19.4 Å². The number of aromatic nitrogens is 2. The number of nitrogens with zero attached hydrogens (tertiary/aromatic N) is 2. The van der Waals surface area contributed by atoms with Crippen molar-refractivity contribution in [3.63, 3.8) is 0 Å². The number of hydrogen-bond acceptors (Lipinski definition) is 2. The van der Waals surface area contributed by atoms with Crippen LogP contribution in [0, 0.1) is 12.3 Å². The number of hydrogen-bond donors (Lipinski definition) is 0. The molecular formula is C10H12N2O. The van der Waals surface area contributed by atoms with E-state index in [0.29, 0.717) is 5.82 Å². The topological polar surface area (TPSA) is 27.1 Å². The first-order chi connectivity index (χ1) is 6.42. The zero-order chi connectivity index (χ0) is 9.10. The molecule has 0 bridgehead atoms. The molecule has 0 radical (unpaired) electrons. The van der Waals surface area contributed by atoms with Gasteiger partial charge in [-0.05, 0) is 25.2 Å². The Hall–Kier alpha value is -1.27. The first-order valence-electron chi connectivity index (χ1n) is 4.53. The maximum absolute atomic E-state index is 5.59. The second-order valence-electron chi connectivity index (χ2n) is 3.12. The first-order valence-corrected chi connectivity index (χ1v) is 4.53. The molecule has 1 aromatic heterocycles. The van der Waals surface area contributed by atoms with E-state index in [-0.39, 0.29) is 6.23 Å². The van der Waals surface area contributed by atoms with Crippen molar-refractivity contribution in [2.45, 2.75) is 25.5 Å². The van der Waals surface area contributed by atoms with Gasteiger partial charge in [0.1, 0.15) is 6.23 Å². The molecule has 1 aromatic rings. The van der Waals surface area contributed by atoms with Crippen molar-refractivity contribution in [2.75, 3.05) is 6.61 Å². The number of ether oxygens (including phenoxy) is 1. The lowest BCUT2D eigenvalue weighted by molar-refractivity contribution is -0.0324. The largest absolute Gasteiger partial charge is 0.358 e. The molecule has 0 aliphatic carbocycles. The fourth-order valence-electron chi connectivity index (χ4n) is 1.60. The summed E-state index contributed by atoms with van der Waals surface area (Å²) in [6.07, 6.45) is 12.4. The van der Waals surface area contributed by atoms with E-state index in [1.165, 1.54) is 6.42 Å². The predicted molar refractivity (Wildman–Crippen MR) is 49.0 cm³/mol. The Morgan fingerprint density at radius 3 is 3.23 bits per heavy atom. The second kappa shape index (κ2) is 3.63. The summed E-state index contributed by atoms with van der Waals surface area (Å²) in [5.74, 6) is 3.20. The molecule has 1 atom stereocenters. The van der Waals surface area contributed by atoms with Gasteiger partial charge in [0.15, 0.2) is 5.82 Å². The van der Waals surface area contributed by atoms with Gasteiger partial charge < -0.3 is 4.74 Å². The quantitative estimate of drug-likeness (QED) is 0.607. The summed E-state index contributed by atoms with van der Waals surface area (Å²) in [4.78, 5) is 4.06. The summed E-state index contributed by atoms with van der Waals surface area (Å²) in [7, 11) is 0. The molecule has 0 spiro atoms. The van der Waals surface area contributed by atoms with E-state index in [2.05, 4.69) is 10.9 Å². The summed E-state index contributed by atoms with van der Waals surface area (Å²) >= 11 is 0. The molecule has 0 N–H and O–H groups in total. The lowest BCUT2D eigenvalue weighted by atomic mass is 10.2. The van der Waals surface area contributed by atoms with Crippen LogP contribution < -0.4 is 0 Å². The van der Waals surface area contributed by atoms with Crippen LogP contribution in [0.4, 0.5) is 0 Å².